The summed E-state index contributed by atoms with van der Waals surface area (Å²) in [7, 11) is 0. The molecule has 0 spiro atoms. The number of alkyl halides is 3. The molecule has 0 saturated heterocycles. The Morgan fingerprint density at radius 1 is 0.978 bits per heavy atom. The molecule has 0 saturated carbocycles. The Labute approximate surface area is 252 Å². The highest BCUT2D eigenvalue weighted by Gasteiger charge is 2.34. The number of rotatable bonds is 8. The normalized spacial score (nSPS) is 14.2. The highest BCUT2D eigenvalue weighted by Crippen LogP contribution is 2.35. The smallest absolute Gasteiger partial charge is 0.347 e. The molecule has 0 bridgehead atoms. The van der Waals surface area contributed by atoms with Gasteiger partial charge in [0.05, 0.1) is 24.3 Å². The van der Waals surface area contributed by atoms with Gasteiger partial charge >= 0.3 is 6.18 Å². The topological polar surface area (TPSA) is 135 Å². The van der Waals surface area contributed by atoms with Gasteiger partial charge in [0, 0.05) is 18.2 Å². The molecule has 3 N–H and O–H groups in total. The molecule has 15 heteroatoms. The fraction of sp³-hybridized carbons (Fsp3) is 0.267. The van der Waals surface area contributed by atoms with Crippen molar-refractivity contribution in [2.45, 2.75) is 45.5 Å². The van der Waals surface area contributed by atoms with Crippen molar-refractivity contribution >= 4 is 29.2 Å². The maximum Gasteiger partial charge on any atom is 0.419 e. The molecule has 3 amide bonds. The number of nitrogens with one attached hydrogen (secondary N) is 3. The van der Waals surface area contributed by atoms with E-state index in [4.69, 9.17) is 0 Å². The van der Waals surface area contributed by atoms with E-state index in [1.165, 1.54) is 6.92 Å². The molecule has 0 aliphatic heterocycles. The molecule has 2 aromatic heterocycles. The number of carbonyl (C=O) groups excluding carboxylic acids is 4. The van der Waals surface area contributed by atoms with Crippen LogP contribution in [0.15, 0.2) is 42.6 Å². The summed E-state index contributed by atoms with van der Waals surface area (Å²) in [5, 5.41) is 11.6. The van der Waals surface area contributed by atoms with Crippen LogP contribution in [-0.4, -0.2) is 44.6 Å². The first-order valence-electron chi connectivity index (χ1n) is 13.6. The molecule has 2 heterocycles. The van der Waals surface area contributed by atoms with E-state index in [9.17, 15) is 41.1 Å². The molecule has 0 radical (unpaired) electrons. The Balaban J connectivity index is 1.36. The van der Waals surface area contributed by atoms with E-state index >= 15 is 0 Å². The lowest BCUT2D eigenvalue weighted by molar-refractivity contribution is -0.140. The lowest BCUT2D eigenvalue weighted by atomic mass is 9.97. The zero-order chi connectivity index (χ0) is 32.6. The maximum absolute atomic E-state index is 14.5. The van der Waals surface area contributed by atoms with Crippen LogP contribution in [0.5, 0.6) is 0 Å². The summed E-state index contributed by atoms with van der Waals surface area (Å²) in [6, 6.07) is 6.14. The van der Waals surface area contributed by atoms with Crippen LogP contribution in [0.2, 0.25) is 0 Å². The third-order valence-corrected chi connectivity index (χ3v) is 7.42. The summed E-state index contributed by atoms with van der Waals surface area (Å²) >= 11 is 0. The van der Waals surface area contributed by atoms with Crippen molar-refractivity contribution in [3.05, 3.63) is 99.0 Å². The summed E-state index contributed by atoms with van der Waals surface area (Å²) in [5.74, 6) is -4.63. The average Bonchev–Trinajstić information content (AvgIpc) is 3.57. The number of amides is 3. The fourth-order valence-corrected chi connectivity index (χ4v) is 5.19. The van der Waals surface area contributed by atoms with Crippen molar-refractivity contribution in [2.24, 2.45) is 0 Å². The van der Waals surface area contributed by atoms with Gasteiger partial charge < -0.3 is 16.0 Å². The quantitative estimate of drug-likeness (QED) is 0.253. The van der Waals surface area contributed by atoms with Crippen molar-refractivity contribution < 1.29 is 41.1 Å². The molecule has 10 nitrogen and oxygen atoms in total. The van der Waals surface area contributed by atoms with E-state index in [0.717, 1.165) is 34.0 Å². The summed E-state index contributed by atoms with van der Waals surface area (Å²) in [6.07, 6.45) is -3.11. The number of fused-ring (bicyclic) bond motifs is 2. The van der Waals surface area contributed by atoms with Gasteiger partial charge in [-0.25, -0.2) is 18.3 Å². The first-order valence-corrected chi connectivity index (χ1v) is 13.6. The average molecular weight is 629 g/mol. The second kappa shape index (κ2) is 12.1. The highest BCUT2D eigenvalue weighted by atomic mass is 19.4. The van der Waals surface area contributed by atoms with Crippen LogP contribution in [0.3, 0.4) is 0 Å². The van der Waals surface area contributed by atoms with Gasteiger partial charge in [-0.15, -0.1) is 0 Å². The van der Waals surface area contributed by atoms with E-state index in [0.29, 0.717) is 36.1 Å². The molecule has 1 atom stereocenters. The molecule has 0 fully saturated rings. The number of carbonyl (C=O) groups is 4. The second-order valence-corrected chi connectivity index (χ2v) is 10.5. The first kappa shape index (κ1) is 31.2. The zero-order valence-corrected chi connectivity index (χ0v) is 23.8. The first-order chi connectivity index (χ1) is 21.2. The Kier molecular flexibility index (Phi) is 8.36. The number of Topliss-reactive ketones (excluding diaryl/α,β-unsaturated/α-hetero) is 1. The zero-order valence-electron chi connectivity index (χ0n) is 23.8. The Morgan fingerprint density at radius 3 is 2.44 bits per heavy atom. The third-order valence-electron chi connectivity index (χ3n) is 7.42. The van der Waals surface area contributed by atoms with Crippen molar-refractivity contribution in [3.63, 3.8) is 0 Å². The van der Waals surface area contributed by atoms with Gasteiger partial charge in [-0.2, -0.15) is 18.3 Å². The molecule has 4 aromatic rings. The van der Waals surface area contributed by atoms with E-state index in [1.54, 1.807) is 19.1 Å². The number of hydrogen-bond donors (Lipinski definition) is 3. The molecule has 0 unspecified atom stereocenters. The summed E-state index contributed by atoms with van der Waals surface area (Å²) in [6.45, 7) is 2.58. The molecule has 2 aromatic carbocycles. The van der Waals surface area contributed by atoms with Crippen molar-refractivity contribution in [1.29, 1.82) is 0 Å². The summed E-state index contributed by atoms with van der Waals surface area (Å²) in [5.41, 5.74) is 0.0924. The lowest BCUT2D eigenvalue weighted by Gasteiger charge is -2.17. The van der Waals surface area contributed by atoms with Gasteiger partial charge in [-0.1, -0.05) is 12.1 Å². The van der Waals surface area contributed by atoms with Crippen molar-refractivity contribution in [2.75, 3.05) is 6.54 Å². The minimum atomic E-state index is -4.94. The number of aromatic nitrogens is 3. The Morgan fingerprint density at radius 2 is 1.73 bits per heavy atom. The number of hydrogen-bond acceptors (Lipinski definition) is 6. The molecular formula is C30H25F5N6O4. The van der Waals surface area contributed by atoms with Gasteiger partial charge in [0.15, 0.2) is 11.5 Å². The van der Waals surface area contributed by atoms with Crippen molar-refractivity contribution in [1.82, 2.24) is 30.5 Å². The molecule has 1 aliphatic rings. The van der Waals surface area contributed by atoms with Gasteiger partial charge in [0.1, 0.15) is 23.0 Å². The van der Waals surface area contributed by atoms with Gasteiger partial charge in [-0.05, 0) is 67.1 Å². The van der Waals surface area contributed by atoms with Crippen LogP contribution in [0.4, 0.5) is 22.0 Å². The third kappa shape index (κ3) is 6.37. The van der Waals surface area contributed by atoms with Gasteiger partial charge in [0.25, 0.3) is 17.7 Å². The second-order valence-electron chi connectivity index (χ2n) is 10.5. The summed E-state index contributed by atoms with van der Waals surface area (Å²) in [4.78, 5) is 54.1. The standard InChI is InChI=1S/C30H25F5N6O4/c1-14(42)11-36-27(43)18-4-5-19-17(15(18)2)6-8-23(19)40-29(45)25-10-24(39-26-22(32)13-38-41(25)26)28(44)37-12-16-3-7-21(31)20(9-16)30(33,34)35/h3-5,7,9-10,13,23H,6,8,11-12H2,1-2H3,(H,36,43)(H,37,44)(H,40,45)/t23-/m0/s1. The Hall–Kier alpha value is -5.21. The molecule has 5 rings (SSSR count). The highest BCUT2D eigenvalue weighted by molar-refractivity contribution is 5.99. The van der Waals surface area contributed by atoms with E-state index in [2.05, 4.69) is 26.0 Å². The van der Waals surface area contributed by atoms with Crippen LogP contribution >= 0.6 is 0 Å². The largest absolute Gasteiger partial charge is 0.419 e. The van der Waals surface area contributed by atoms with E-state index in [1.807, 2.05) is 0 Å². The fourth-order valence-electron chi connectivity index (χ4n) is 5.19. The van der Waals surface area contributed by atoms with Gasteiger partial charge in [-0.3, -0.25) is 19.2 Å². The molecule has 234 valence electrons. The maximum atomic E-state index is 14.5. The SMILES string of the molecule is CC(=O)CNC(=O)c1ccc2c(c1C)CC[C@@H]2NC(=O)c1cc(C(=O)NCc2ccc(F)c(C(F)(F)F)c2)nc2c(F)cnn12. The van der Waals surface area contributed by atoms with Crippen LogP contribution in [-0.2, 0) is 23.9 Å². The summed E-state index contributed by atoms with van der Waals surface area (Å²) < 4.78 is 68.3. The van der Waals surface area contributed by atoms with Crippen LogP contribution < -0.4 is 16.0 Å². The molecule has 1 aliphatic carbocycles. The number of benzene rings is 2. The van der Waals surface area contributed by atoms with E-state index in [-0.39, 0.29) is 23.6 Å². The minimum Gasteiger partial charge on any atom is -0.347 e. The molecular weight excluding hydrogens is 603 g/mol. The van der Waals surface area contributed by atoms with Crippen LogP contribution in [0, 0.1) is 18.6 Å². The predicted molar refractivity (Wildman–Crippen MR) is 148 cm³/mol. The molecule has 45 heavy (non-hydrogen) atoms. The number of nitrogens with zero attached hydrogens (tertiary/aromatic N) is 3. The van der Waals surface area contributed by atoms with E-state index < -0.39 is 65.0 Å². The number of ketones is 1. The predicted octanol–water partition coefficient (Wildman–Crippen LogP) is 4.00. The lowest BCUT2D eigenvalue weighted by Crippen LogP contribution is -2.31. The number of halogens is 5. The van der Waals surface area contributed by atoms with Crippen LogP contribution in [0.1, 0.15) is 78.5 Å². The van der Waals surface area contributed by atoms with Crippen molar-refractivity contribution in [3.8, 4) is 0 Å². The monoisotopic (exact) mass is 628 g/mol. The van der Waals surface area contributed by atoms with Gasteiger partial charge in [0.2, 0.25) is 0 Å². The van der Waals surface area contributed by atoms with Crippen LogP contribution in [0.25, 0.3) is 5.65 Å². The minimum absolute atomic E-state index is 0.0543. The Bertz CT molecular complexity index is 1870.